The summed E-state index contributed by atoms with van der Waals surface area (Å²) in [6, 6.07) is 10.1. The molecule has 1 saturated heterocycles. The van der Waals surface area contributed by atoms with E-state index in [0.717, 1.165) is 19.4 Å². The predicted molar refractivity (Wildman–Crippen MR) is 82.9 cm³/mol. The van der Waals surface area contributed by atoms with E-state index >= 15 is 0 Å². The lowest BCUT2D eigenvalue weighted by Gasteiger charge is -2.36. The Bertz CT molecular complexity index is 443. The minimum absolute atomic E-state index is 0.431. The third-order valence-electron chi connectivity index (χ3n) is 4.86. The van der Waals surface area contributed by atoms with Crippen molar-refractivity contribution in [1.82, 2.24) is 5.32 Å². The minimum atomic E-state index is 0.431. The highest BCUT2D eigenvalue weighted by molar-refractivity contribution is 5.32. The van der Waals surface area contributed by atoms with Gasteiger partial charge in [0.15, 0.2) is 0 Å². The quantitative estimate of drug-likeness (QED) is 0.903. The number of benzene rings is 1. The van der Waals surface area contributed by atoms with Gasteiger partial charge >= 0.3 is 0 Å². The molecule has 1 aromatic carbocycles. The van der Waals surface area contributed by atoms with Gasteiger partial charge in [0.2, 0.25) is 0 Å². The predicted octanol–water partition coefficient (Wildman–Crippen LogP) is 3.86. The topological polar surface area (TPSA) is 21.3 Å². The second kappa shape index (κ2) is 6.28. The molecule has 2 nitrogen and oxygen atoms in total. The van der Waals surface area contributed by atoms with Gasteiger partial charge in [-0.1, -0.05) is 38.1 Å². The van der Waals surface area contributed by atoms with Crippen molar-refractivity contribution < 1.29 is 4.74 Å². The zero-order chi connectivity index (χ0) is 13.9. The first kappa shape index (κ1) is 14.1. The SMILES string of the molecule is CC(C)C1CC(NC2CCCc3ccccc32)CCO1. The third-order valence-corrected chi connectivity index (χ3v) is 4.86. The molecule has 0 saturated carbocycles. The number of aryl methyl sites for hydroxylation is 1. The van der Waals surface area contributed by atoms with Crippen molar-refractivity contribution in [3.05, 3.63) is 35.4 Å². The molecule has 1 heterocycles. The van der Waals surface area contributed by atoms with Crippen molar-refractivity contribution in [3.8, 4) is 0 Å². The van der Waals surface area contributed by atoms with Crippen LogP contribution in [-0.4, -0.2) is 18.8 Å². The van der Waals surface area contributed by atoms with Gasteiger partial charge in [-0.05, 0) is 49.1 Å². The molecule has 3 rings (SSSR count). The molecule has 2 aliphatic rings. The summed E-state index contributed by atoms with van der Waals surface area (Å²) in [5.74, 6) is 0.623. The molecule has 110 valence electrons. The fourth-order valence-corrected chi connectivity index (χ4v) is 3.66. The molecule has 0 spiro atoms. The molecule has 3 unspecified atom stereocenters. The summed E-state index contributed by atoms with van der Waals surface area (Å²) in [6.45, 7) is 5.45. The molecule has 0 amide bonds. The normalized spacial score (nSPS) is 30.2. The van der Waals surface area contributed by atoms with Gasteiger partial charge in [-0.2, -0.15) is 0 Å². The van der Waals surface area contributed by atoms with Crippen LogP contribution in [0.1, 0.15) is 56.7 Å². The highest BCUT2D eigenvalue weighted by Gasteiger charge is 2.28. The van der Waals surface area contributed by atoms with Gasteiger partial charge in [0.1, 0.15) is 0 Å². The van der Waals surface area contributed by atoms with Gasteiger partial charge in [-0.25, -0.2) is 0 Å². The lowest BCUT2D eigenvalue weighted by Crippen LogP contribution is -2.43. The molecule has 1 aromatic rings. The Labute approximate surface area is 122 Å². The Kier molecular flexibility index (Phi) is 4.42. The molecule has 1 N–H and O–H groups in total. The maximum absolute atomic E-state index is 5.89. The first-order valence-electron chi connectivity index (χ1n) is 8.19. The van der Waals surface area contributed by atoms with Crippen LogP contribution in [0.2, 0.25) is 0 Å². The van der Waals surface area contributed by atoms with Crippen molar-refractivity contribution in [2.24, 2.45) is 5.92 Å². The van der Waals surface area contributed by atoms with E-state index in [4.69, 9.17) is 4.74 Å². The lowest BCUT2D eigenvalue weighted by atomic mass is 9.86. The van der Waals surface area contributed by atoms with E-state index in [2.05, 4.69) is 43.4 Å². The van der Waals surface area contributed by atoms with Crippen LogP contribution in [0.5, 0.6) is 0 Å². The number of rotatable bonds is 3. The van der Waals surface area contributed by atoms with Crippen molar-refractivity contribution >= 4 is 0 Å². The highest BCUT2D eigenvalue weighted by atomic mass is 16.5. The van der Waals surface area contributed by atoms with Crippen LogP contribution in [0.4, 0.5) is 0 Å². The monoisotopic (exact) mass is 273 g/mol. The fraction of sp³-hybridized carbons (Fsp3) is 0.667. The summed E-state index contributed by atoms with van der Waals surface area (Å²) in [7, 11) is 0. The first-order valence-corrected chi connectivity index (χ1v) is 8.19. The molecule has 20 heavy (non-hydrogen) atoms. The smallest absolute Gasteiger partial charge is 0.0612 e. The Morgan fingerprint density at radius 3 is 2.90 bits per heavy atom. The van der Waals surface area contributed by atoms with Crippen LogP contribution in [0, 0.1) is 5.92 Å². The molecule has 2 heteroatoms. The van der Waals surface area contributed by atoms with E-state index in [0.29, 0.717) is 24.1 Å². The van der Waals surface area contributed by atoms with Crippen LogP contribution in [0.3, 0.4) is 0 Å². The second-order valence-electron chi connectivity index (χ2n) is 6.68. The van der Waals surface area contributed by atoms with Crippen LogP contribution in [0.25, 0.3) is 0 Å². The van der Waals surface area contributed by atoms with Crippen molar-refractivity contribution in [3.63, 3.8) is 0 Å². The Morgan fingerprint density at radius 1 is 1.20 bits per heavy atom. The number of nitrogens with one attached hydrogen (secondary N) is 1. The maximum atomic E-state index is 5.89. The summed E-state index contributed by atoms with van der Waals surface area (Å²) in [5.41, 5.74) is 3.08. The second-order valence-corrected chi connectivity index (χ2v) is 6.68. The number of ether oxygens (including phenoxy) is 1. The molecule has 0 radical (unpaired) electrons. The first-order chi connectivity index (χ1) is 9.74. The molecular weight excluding hydrogens is 246 g/mol. The summed E-state index contributed by atoms with van der Waals surface area (Å²) < 4.78 is 5.89. The number of fused-ring (bicyclic) bond motifs is 1. The minimum Gasteiger partial charge on any atom is -0.378 e. The molecular formula is C18H27NO. The zero-order valence-corrected chi connectivity index (χ0v) is 12.8. The summed E-state index contributed by atoms with van der Waals surface area (Å²) in [5, 5.41) is 3.92. The van der Waals surface area contributed by atoms with Crippen molar-refractivity contribution in [2.45, 2.75) is 64.1 Å². The molecule has 0 bridgehead atoms. The van der Waals surface area contributed by atoms with Crippen molar-refractivity contribution in [2.75, 3.05) is 6.61 Å². The van der Waals surface area contributed by atoms with E-state index in [9.17, 15) is 0 Å². The van der Waals surface area contributed by atoms with E-state index in [1.807, 2.05) is 0 Å². The Morgan fingerprint density at radius 2 is 2.05 bits per heavy atom. The van der Waals surface area contributed by atoms with Gasteiger partial charge in [-0.15, -0.1) is 0 Å². The van der Waals surface area contributed by atoms with Crippen LogP contribution in [-0.2, 0) is 11.2 Å². The van der Waals surface area contributed by atoms with E-state index in [1.54, 1.807) is 5.56 Å². The molecule has 1 aliphatic carbocycles. The van der Waals surface area contributed by atoms with Crippen LogP contribution >= 0.6 is 0 Å². The summed E-state index contributed by atoms with van der Waals surface area (Å²) in [4.78, 5) is 0. The van der Waals surface area contributed by atoms with Gasteiger partial charge in [0, 0.05) is 18.7 Å². The van der Waals surface area contributed by atoms with Crippen LogP contribution in [0.15, 0.2) is 24.3 Å². The molecule has 1 fully saturated rings. The van der Waals surface area contributed by atoms with E-state index in [-0.39, 0.29) is 0 Å². The van der Waals surface area contributed by atoms with Gasteiger partial charge in [0.05, 0.1) is 6.10 Å². The Balaban J connectivity index is 1.66. The summed E-state index contributed by atoms with van der Waals surface area (Å²) in [6.07, 6.45) is 6.58. The van der Waals surface area contributed by atoms with Crippen molar-refractivity contribution in [1.29, 1.82) is 0 Å². The summed E-state index contributed by atoms with van der Waals surface area (Å²) >= 11 is 0. The molecule has 0 aromatic heterocycles. The van der Waals surface area contributed by atoms with E-state index in [1.165, 1.54) is 24.8 Å². The third kappa shape index (κ3) is 3.07. The van der Waals surface area contributed by atoms with Gasteiger partial charge in [0.25, 0.3) is 0 Å². The Hall–Kier alpha value is -0.860. The number of hydrogen-bond acceptors (Lipinski definition) is 2. The van der Waals surface area contributed by atoms with Gasteiger partial charge in [-0.3, -0.25) is 0 Å². The van der Waals surface area contributed by atoms with E-state index < -0.39 is 0 Å². The largest absolute Gasteiger partial charge is 0.378 e. The zero-order valence-electron chi connectivity index (χ0n) is 12.8. The van der Waals surface area contributed by atoms with Crippen LogP contribution < -0.4 is 5.32 Å². The average Bonchev–Trinajstić information content (AvgIpc) is 2.48. The fourth-order valence-electron chi connectivity index (χ4n) is 3.66. The highest BCUT2D eigenvalue weighted by Crippen LogP contribution is 2.31. The maximum Gasteiger partial charge on any atom is 0.0612 e. The molecule has 3 atom stereocenters. The lowest BCUT2D eigenvalue weighted by molar-refractivity contribution is -0.0262. The van der Waals surface area contributed by atoms with Gasteiger partial charge < -0.3 is 10.1 Å². The molecule has 1 aliphatic heterocycles. The average molecular weight is 273 g/mol. The standard InChI is InChI=1S/C18H27NO/c1-13(2)18-12-15(10-11-20-18)19-17-9-5-7-14-6-3-4-8-16(14)17/h3-4,6,8,13,15,17-19H,5,7,9-12H2,1-2H3. The number of hydrogen-bond donors (Lipinski definition) is 1.